The lowest BCUT2D eigenvalue weighted by molar-refractivity contribution is -0.201. The number of carbonyl (C=O) groups excluding carboxylic acids is 4. The highest BCUT2D eigenvalue weighted by atomic mass is 16.7. The monoisotopic (exact) mass is 384 g/mol. The molecule has 9 nitrogen and oxygen atoms in total. The molecule has 0 amide bonds. The highest BCUT2D eigenvalue weighted by Crippen LogP contribution is 2.42. The van der Waals surface area contributed by atoms with Gasteiger partial charge in [0, 0.05) is 5.57 Å². The maximum Gasteiger partial charge on any atom is 0.346 e. The van der Waals surface area contributed by atoms with E-state index in [1.54, 1.807) is 27.7 Å². The first-order valence-corrected chi connectivity index (χ1v) is 8.51. The van der Waals surface area contributed by atoms with Crippen LogP contribution in [0.2, 0.25) is 0 Å². The summed E-state index contributed by atoms with van der Waals surface area (Å²) in [6.45, 7) is 10.8. The molecule has 0 aliphatic carbocycles. The quantitative estimate of drug-likeness (QED) is 0.387. The number of rotatable bonds is 5. The van der Waals surface area contributed by atoms with Crippen LogP contribution in [0.15, 0.2) is 12.2 Å². The molecule has 0 saturated carbocycles. The second kappa shape index (κ2) is 7.67. The van der Waals surface area contributed by atoms with Crippen molar-refractivity contribution in [1.29, 1.82) is 0 Å². The van der Waals surface area contributed by atoms with E-state index in [1.165, 1.54) is 6.92 Å². The molecule has 0 bridgehead atoms. The van der Waals surface area contributed by atoms with Crippen LogP contribution < -0.4 is 0 Å². The summed E-state index contributed by atoms with van der Waals surface area (Å²) in [6, 6.07) is 0. The first kappa shape index (κ1) is 20.9. The third kappa shape index (κ3) is 4.85. The van der Waals surface area contributed by atoms with Crippen molar-refractivity contribution in [2.75, 3.05) is 6.61 Å². The Morgan fingerprint density at radius 2 is 1.85 bits per heavy atom. The number of cyclic esters (lactones) is 1. The van der Waals surface area contributed by atoms with Crippen molar-refractivity contribution in [3.63, 3.8) is 0 Å². The highest BCUT2D eigenvalue weighted by Gasteiger charge is 2.61. The van der Waals surface area contributed by atoms with Gasteiger partial charge in [-0.2, -0.15) is 0 Å². The Balaban J connectivity index is 2.12. The summed E-state index contributed by atoms with van der Waals surface area (Å²) < 4.78 is 25.9. The van der Waals surface area contributed by atoms with Crippen LogP contribution >= 0.6 is 0 Å². The third-order valence-electron chi connectivity index (χ3n) is 3.96. The number of fused-ring (bicyclic) bond motifs is 1. The predicted molar refractivity (Wildman–Crippen MR) is 88.9 cm³/mol. The van der Waals surface area contributed by atoms with Gasteiger partial charge in [-0.1, -0.05) is 6.58 Å². The number of esters is 4. The molecule has 0 radical (unpaired) electrons. The van der Waals surface area contributed by atoms with Crippen LogP contribution in [0, 0.1) is 11.8 Å². The van der Waals surface area contributed by atoms with Crippen molar-refractivity contribution >= 4 is 23.9 Å². The minimum absolute atomic E-state index is 0.123. The molecule has 5 atom stereocenters. The van der Waals surface area contributed by atoms with Crippen LogP contribution in [0.5, 0.6) is 0 Å². The van der Waals surface area contributed by atoms with Gasteiger partial charge in [0.25, 0.3) is 0 Å². The maximum atomic E-state index is 12.6. The second-order valence-electron chi connectivity index (χ2n) is 7.54. The zero-order valence-corrected chi connectivity index (χ0v) is 16.0. The molecule has 0 N–H and O–H groups in total. The summed E-state index contributed by atoms with van der Waals surface area (Å²) in [5.41, 5.74) is -0.688. The van der Waals surface area contributed by atoms with Crippen LogP contribution in [0.4, 0.5) is 0 Å². The zero-order valence-electron chi connectivity index (χ0n) is 16.0. The first-order chi connectivity index (χ1) is 12.4. The molecule has 9 heteroatoms. The molecule has 0 aromatic carbocycles. The fourth-order valence-corrected chi connectivity index (χ4v) is 2.85. The second-order valence-corrected chi connectivity index (χ2v) is 7.54. The van der Waals surface area contributed by atoms with Crippen LogP contribution in [0.1, 0.15) is 34.6 Å². The molecular weight excluding hydrogens is 360 g/mol. The summed E-state index contributed by atoms with van der Waals surface area (Å²) >= 11 is 0. The zero-order chi connectivity index (χ0) is 20.5. The summed E-state index contributed by atoms with van der Waals surface area (Å²) in [5, 5.41) is 0. The SMILES string of the molecule is C=C(C)C(=O)OCC(=O)OC1OC2C(C)OC(=O)C2C1C(=O)OC(C)(C)C. The van der Waals surface area contributed by atoms with Gasteiger partial charge < -0.3 is 23.7 Å². The van der Waals surface area contributed by atoms with E-state index in [0.29, 0.717) is 0 Å². The van der Waals surface area contributed by atoms with Crippen molar-refractivity contribution in [3.05, 3.63) is 12.2 Å². The molecule has 2 heterocycles. The summed E-state index contributed by atoms with van der Waals surface area (Å²) in [6.07, 6.45) is -2.69. The van der Waals surface area contributed by atoms with E-state index in [4.69, 9.17) is 23.7 Å². The number of ether oxygens (including phenoxy) is 5. The average molecular weight is 384 g/mol. The molecular formula is C18H24O9. The van der Waals surface area contributed by atoms with Gasteiger partial charge in [-0.15, -0.1) is 0 Å². The predicted octanol–water partition coefficient (Wildman–Crippen LogP) is 0.893. The molecule has 0 aromatic heterocycles. The Bertz CT molecular complexity index is 660. The Hall–Kier alpha value is -2.42. The smallest absolute Gasteiger partial charge is 0.346 e. The number of hydrogen-bond acceptors (Lipinski definition) is 9. The van der Waals surface area contributed by atoms with E-state index in [1.807, 2.05) is 0 Å². The van der Waals surface area contributed by atoms with Gasteiger partial charge in [0.2, 0.25) is 6.29 Å². The first-order valence-electron chi connectivity index (χ1n) is 8.51. The van der Waals surface area contributed by atoms with Gasteiger partial charge in [-0.05, 0) is 34.6 Å². The molecule has 0 spiro atoms. The third-order valence-corrected chi connectivity index (χ3v) is 3.96. The van der Waals surface area contributed by atoms with Crippen LogP contribution in [-0.2, 0) is 42.9 Å². The molecule has 0 aromatic rings. The Morgan fingerprint density at radius 3 is 2.41 bits per heavy atom. The van der Waals surface area contributed by atoms with Crippen molar-refractivity contribution in [3.8, 4) is 0 Å². The Kier molecular flexibility index (Phi) is 5.94. The van der Waals surface area contributed by atoms with Gasteiger partial charge in [-0.3, -0.25) is 9.59 Å². The van der Waals surface area contributed by atoms with Gasteiger partial charge >= 0.3 is 23.9 Å². The number of carbonyl (C=O) groups is 4. The normalized spacial score (nSPS) is 29.5. The highest BCUT2D eigenvalue weighted by molar-refractivity contribution is 5.89. The van der Waals surface area contributed by atoms with E-state index >= 15 is 0 Å². The van der Waals surface area contributed by atoms with Gasteiger partial charge in [0.1, 0.15) is 29.6 Å². The summed E-state index contributed by atoms with van der Waals surface area (Å²) in [4.78, 5) is 48.1. The largest absolute Gasteiger partial charge is 0.460 e. The van der Waals surface area contributed by atoms with Crippen molar-refractivity contribution in [2.45, 2.75) is 58.7 Å². The average Bonchev–Trinajstić information content (AvgIpc) is 3.01. The van der Waals surface area contributed by atoms with Crippen molar-refractivity contribution in [2.24, 2.45) is 11.8 Å². The van der Waals surface area contributed by atoms with Crippen LogP contribution in [0.25, 0.3) is 0 Å². The summed E-state index contributed by atoms with van der Waals surface area (Å²) in [5.74, 6) is -5.15. The van der Waals surface area contributed by atoms with E-state index in [0.717, 1.165) is 0 Å². The molecule has 2 saturated heterocycles. The fourth-order valence-electron chi connectivity index (χ4n) is 2.85. The van der Waals surface area contributed by atoms with Crippen molar-refractivity contribution < 1.29 is 42.9 Å². The van der Waals surface area contributed by atoms with E-state index in [2.05, 4.69) is 6.58 Å². The fraction of sp³-hybridized carbons (Fsp3) is 0.667. The molecule has 2 aliphatic rings. The van der Waals surface area contributed by atoms with E-state index in [-0.39, 0.29) is 5.57 Å². The summed E-state index contributed by atoms with van der Waals surface area (Å²) in [7, 11) is 0. The molecule has 2 fully saturated rings. The minimum Gasteiger partial charge on any atom is -0.460 e. The van der Waals surface area contributed by atoms with Crippen molar-refractivity contribution in [1.82, 2.24) is 0 Å². The Labute approximate surface area is 156 Å². The topological polar surface area (TPSA) is 114 Å². The molecule has 2 rings (SSSR count). The molecule has 150 valence electrons. The lowest BCUT2D eigenvalue weighted by Gasteiger charge is -2.25. The molecule has 27 heavy (non-hydrogen) atoms. The van der Waals surface area contributed by atoms with E-state index in [9.17, 15) is 19.2 Å². The van der Waals surface area contributed by atoms with Crippen LogP contribution in [-0.4, -0.2) is 54.6 Å². The molecule has 5 unspecified atom stereocenters. The maximum absolute atomic E-state index is 12.6. The number of hydrogen-bond donors (Lipinski definition) is 0. The van der Waals surface area contributed by atoms with E-state index < -0.39 is 66.4 Å². The molecule has 2 aliphatic heterocycles. The lowest BCUT2D eigenvalue weighted by atomic mass is 9.90. The van der Waals surface area contributed by atoms with Gasteiger partial charge in [-0.25, -0.2) is 9.59 Å². The standard InChI is InChI=1S/C18H24O9/c1-8(2)14(20)23-7-10(19)25-17-12(16(22)27-18(4,5)6)11-13(26-17)9(3)24-15(11)21/h9,11-13,17H,1,7H2,2-6H3. The van der Waals surface area contributed by atoms with Gasteiger partial charge in [0.15, 0.2) is 6.61 Å². The minimum atomic E-state index is -1.35. The van der Waals surface area contributed by atoms with Gasteiger partial charge in [0.05, 0.1) is 0 Å². The lowest BCUT2D eigenvalue weighted by Crippen LogP contribution is -2.39. The Morgan fingerprint density at radius 1 is 1.22 bits per heavy atom. The van der Waals surface area contributed by atoms with Crippen LogP contribution in [0.3, 0.4) is 0 Å².